The van der Waals surface area contributed by atoms with Gasteiger partial charge < -0.3 is 15.6 Å². The number of amidine groups is 1. The highest BCUT2D eigenvalue weighted by atomic mass is 28.4. The van der Waals surface area contributed by atoms with E-state index in [0.717, 1.165) is 16.8 Å². The molecule has 0 spiro atoms. The molecule has 1 fully saturated rings. The molecule has 2 aromatic rings. The molecule has 0 saturated heterocycles. The van der Waals surface area contributed by atoms with E-state index in [1.54, 1.807) is 6.20 Å². The molecule has 9 heteroatoms. The Bertz CT molecular complexity index is 1360. The van der Waals surface area contributed by atoms with Crippen LogP contribution in [0.2, 0.25) is 18.1 Å². The van der Waals surface area contributed by atoms with Crippen molar-refractivity contribution in [3.63, 3.8) is 0 Å². The zero-order valence-corrected chi connectivity index (χ0v) is 26.7. The minimum Gasteiger partial charge on any atom is -0.413 e. The van der Waals surface area contributed by atoms with Gasteiger partial charge in [-0.1, -0.05) is 46.8 Å². The number of benzene rings is 1. The van der Waals surface area contributed by atoms with E-state index in [1.807, 2.05) is 23.4 Å². The van der Waals surface area contributed by atoms with E-state index in [-0.39, 0.29) is 40.3 Å². The third kappa shape index (κ3) is 5.73. The first-order valence-corrected chi connectivity index (χ1v) is 17.4. The molecule has 1 aliphatic heterocycles. The standard InChI is InChI=1S/C32H45N7OSi/c1-21-22(2)32(15-16-33)27(18-34)28(32)37-20-39(30(38-23(21)3)26-10-9-17-36-29(26)35)25-13-11-24(12-14-25)19-40-41(7,8)31(4,5)6/h9-14,17-18,20-23,27-28,34H,15,19H2,1-8H3,(H2,35,36)/b34-18?,37-20+,38-30-/t21-,22-,23-,27-,28?,32?/m0/s1. The first kappa shape index (κ1) is 30.6. The quantitative estimate of drug-likeness (QED) is 0.283. The van der Waals surface area contributed by atoms with Crippen molar-refractivity contribution in [1.82, 2.24) is 4.98 Å². The lowest BCUT2D eigenvalue weighted by atomic mass is 9.75. The third-order valence-corrected chi connectivity index (χ3v) is 14.4. The van der Waals surface area contributed by atoms with Crippen LogP contribution in [0.5, 0.6) is 0 Å². The van der Waals surface area contributed by atoms with E-state index < -0.39 is 8.32 Å². The van der Waals surface area contributed by atoms with Crippen molar-refractivity contribution in [3.8, 4) is 6.07 Å². The van der Waals surface area contributed by atoms with Crippen molar-refractivity contribution in [1.29, 1.82) is 10.7 Å². The first-order chi connectivity index (χ1) is 19.3. The zero-order chi connectivity index (χ0) is 30.2. The maximum Gasteiger partial charge on any atom is 0.192 e. The molecule has 41 heavy (non-hydrogen) atoms. The fourth-order valence-corrected chi connectivity index (χ4v) is 6.70. The summed E-state index contributed by atoms with van der Waals surface area (Å²) in [5.74, 6) is 1.29. The van der Waals surface area contributed by atoms with Crippen LogP contribution in [-0.2, 0) is 11.0 Å². The van der Waals surface area contributed by atoms with Crippen LogP contribution in [0.4, 0.5) is 11.5 Å². The van der Waals surface area contributed by atoms with Gasteiger partial charge in [0.05, 0.1) is 36.7 Å². The number of hydrogen-bond donors (Lipinski definition) is 2. The number of nitriles is 1. The summed E-state index contributed by atoms with van der Waals surface area (Å²) < 4.78 is 6.45. The third-order valence-electron chi connectivity index (χ3n) is 9.96. The van der Waals surface area contributed by atoms with Crippen LogP contribution in [0.3, 0.4) is 0 Å². The van der Waals surface area contributed by atoms with Crippen molar-refractivity contribution in [3.05, 3.63) is 53.7 Å². The maximum atomic E-state index is 9.75. The second kappa shape index (κ2) is 11.5. The molecule has 2 aliphatic rings. The highest BCUT2D eigenvalue weighted by molar-refractivity contribution is 6.74. The van der Waals surface area contributed by atoms with E-state index in [9.17, 15) is 5.26 Å². The van der Waals surface area contributed by atoms with Gasteiger partial charge in [0.15, 0.2) is 8.32 Å². The van der Waals surface area contributed by atoms with Gasteiger partial charge >= 0.3 is 0 Å². The topological polar surface area (TPSA) is 124 Å². The minimum atomic E-state index is -1.88. The number of rotatable bonds is 7. The number of anilines is 2. The van der Waals surface area contributed by atoms with Crippen LogP contribution < -0.4 is 10.6 Å². The number of pyridine rings is 1. The van der Waals surface area contributed by atoms with Crippen LogP contribution in [0.1, 0.15) is 59.1 Å². The van der Waals surface area contributed by atoms with E-state index >= 15 is 0 Å². The molecule has 218 valence electrons. The molecule has 3 N–H and O–H groups in total. The number of nitrogen functional groups attached to an aromatic ring is 1. The average molecular weight is 572 g/mol. The molecule has 1 aromatic carbocycles. The van der Waals surface area contributed by atoms with Gasteiger partial charge in [-0.3, -0.25) is 14.9 Å². The van der Waals surface area contributed by atoms with Gasteiger partial charge in [0.2, 0.25) is 0 Å². The number of nitrogens with zero attached hydrogens (tertiary/aromatic N) is 5. The molecular weight excluding hydrogens is 526 g/mol. The van der Waals surface area contributed by atoms with Crippen LogP contribution >= 0.6 is 0 Å². The van der Waals surface area contributed by atoms with E-state index in [1.165, 1.54) is 6.21 Å². The van der Waals surface area contributed by atoms with Gasteiger partial charge in [0.1, 0.15) is 11.7 Å². The van der Waals surface area contributed by atoms with Crippen molar-refractivity contribution in [2.45, 2.75) is 84.8 Å². The Morgan fingerprint density at radius 2 is 1.85 bits per heavy atom. The maximum absolute atomic E-state index is 9.75. The summed E-state index contributed by atoms with van der Waals surface area (Å²) in [4.78, 5) is 16.6. The number of nitrogens with one attached hydrogen (secondary N) is 1. The highest BCUT2D eigenvalue weighted by Crippen LogP contribution is 2.63. The summed E-state index contributed by atoms with van der Waals surface area (Å²) in [6.45, 7) is 18.3. The summed E-state index contributed by atoms with van der Waals surface area (Å²) in [6.07, 6.45) is 5.33. The van der Waals surface area contributed by atoms with Crippen LogP contribution in [0.15, 0.2) is 52.6 Å². The number of aromatic nitrogens is 1. The highest BCUT2D eigenvalue weighted by Gasteiger charge is 2.67. The SMILES string of the molecule is C[C@@H]1[C@H](C)/N=C(/c2cccnc2N)N(c2ccc(CO[Si](C)(C)C(C)(C)C)cc2)/C=N/C2[C@H](C=N)C2(CC#N)[C@H]1C. The Hall–Kier alpha value is -3.35. The molecule has 6 atom stereocenters. The second-order valence-corrected chi connectivity index (χ2v) is 18.0. The van der Waals surface area contributed by atoms with Gasteiger partial charge in [-0.2, -0.15) is 5.26 Å². The van der Waals surface area contributed by atoms with Gasteiger partial charge in [0.25, 0.3) is 0 Å². The van der Waals surface area contributed by atoms with Crippen molar-refractivity contribution < 1.29 is 4.43 Å². The lowest BCUT2D eigenvalue weighted by molar-refractivity contribution is 0.208. The Kier molecular flexibility index (Phi) is 8.58. The van der Waals surface area contributed by atoms with Crippen LogP contribution in [0, 0.1) is 39.9 Å². The molecule has 1 aromatic heterocycles. The van der Waals surface area contributed by atoms with Crippen LogP contribution in [-0.4, -0.2) is 43.8 Å². The van der Waals surface area contributed by atoms with Gasteiger partial charge in [0, 0.05) is 35.9 Å². The van der Waals surface area contributed by atoms with Crippen LogP contribution in [0.25, 0.3) is 0 Å². The Morgan fingerprint density at radius 1 is 1.17 bits per heavy atom. The van der Waals surface area contributed by atoms with Crippen molar-refractivity contribution in [2.24, 2.45) is 33.2 Å². The Morgan fingerprint density at radius 3 is 2.44 bits per heavy atom. The Labute approximate surface area is 246 Å². The fraction of sp³-hybridized carbons (Fsp3) is 0.531. The Balaban J connectivity index is 1.78. The molecule has 0 radical (unpaired) electrons. The van der Waals surface area contributed by atoms with Gasteiger partial charge in [-0.05, 0) is 66.7 Å². The second-order valence-electron chi connectivity index (χ2n) is 13.2. The lowest BCUT2D eigenvalue weighted by Crippen LogP contribution is -2.40. The number of aliphatic imine (C=N–C) groups is 2. The summed E-state index contributed by atoms with van der Waals surface area (Å²) >= 11 is 0. The predicted molar refractivity (Wildman–Crippen MR) is 171 cm³/mol. The molecule has 0 bridgehead atoms. The zero-order valence-electron chi connectivity index (χ0n) is 25.7. The number of nitrogens with two attached hydrogens (primary N) is 1. The van der Waals surface area contributed by atoms with E-state index in [2.05, 4.69) is 90.0 Å². The molecular formula is C32H45N7OSi. The smallest absolute Gasteiger partial charge is 0.192 e. The average Bonchev–Trinajstić information content (AvgIpc) is 3.56. The molecule has 4 rings (SSSR count). The summed E-state index contributed by atoms with van der Waals surface area (Å²) in [5, 5.41) is 18.1. The van der Waals surface area contributed by atoms with E-state index in [4.69, 9.17) is 25.6 Å². The minimum absolute atomic E-state index is 0.0749. The van der Waals surface area contributed by atoms with Gasteiger partial charge in [-0.25, -0.2) is 4.98 Å². The normalized spacial score (nSPS) is 30.4. The molecule has 2 heterocycles. The first-order valence-electron chi connectivity index (χ1n) is 14.5. The monoisotopic (exact) mass is 571 g/mol. The summed E-state index contributed by atoms with van der Waals surface area (Å²) in [7, 11) is -1.88. The number of fused-ring (bicyclic) bond motifs is 1. The number of hydrogen-bond acceptors (Lipinski definition) is 8. The molecule has 1 aliphatic carbocycles. The van der Waals surface area contributed by atoms with Crippen molar-refractivity contribution in [2.75, 3.05) is 10.6 Å². The van der Waals surface area contributed by atoms with Crippen molar-refractivity contribution >= 4 is 38.2 Å². The molecule has 2 unspecified atom stereocenters. The molecule has 0 amide bonds. The largest absolute Gasteiger partial charge is 0.413 e. The van der Waals surface area contributed by atoms with E-state index in [0.29, 0.717) is 24.7 Å². The summed E-state index contributed by atoms with van der Waals surface area (Å²) in [5.41, 5.74) is 8.76. The lowest BCUT2D eigenvalue weighted by Gasteiger charge is -2.36. The predicted octanol–water partition coefficient (Wildman–Crippen LogP) is 6.69. The molecule has 8 nitrogen and oxygen atoms in total. The molecule has 1 saturated carbocycles. The fourth-order valence-electron chi connectivity index (χ4n) is 5.74. The van der Waals surface area contributed by atoms with Gasteiger partial charge in [-0.15, -0.1) is 0 Å². The summed E-state index contributed by atoms with van der Waals surface area (Å²) in [6, 6.07) is 14.3.